The van der Waals surface area contributed by atoms with Crippen LogP contribution in [0.15, 0.2) is 24.3 Å². The van der Waals surface area contributed by atoms with E-state index in [1.807, 2.05) is 0 Å². The highest BCUT2D eigenvalue weighted by Gasteiger charge is 2.13. The minimum absolute atomic E-state index is 0.0681. The fourth-order valence-electron chi connectivity index (χ4n) is 1.36. The van der Waals surface area contributed by atoms with Crippen molar-refractivity contribution in [2.75, 3.05) is 11.1 Å². The molecule has 2 rings (SSSR count). The summed E-state index contributed by atoms with van der Waals surface area (Å²) in [6.07, 6.45) is 0. The number of carbonyl (C=O) groups excluding carboxylic acids is 1. The van der Waals surface area contributed by atoms with Crippen molar-refractivity contribution < 1.29 is 4.79 Å². The minimum Gasteiger partial charge on any atom is -0.398 e. The van der Waals surface area contributed by atoms with Crippen LogP contribution in [0, 0.1) is 0 Å². The SMILES string of the molecule is Nc1cccc(C(=O)Nc2cc(Cl)nc(Cl)n2)c1Cl. The van der Waals surface area contributed by atoms with Crippen molar-refractivity contribution in [2.45, 2.75) is 0 Å². The van der Waals surface area contributed by atoms with Gasteiger partial charge in [0.25, 0.3) is 5.91 Å². The largest absolute Gasteiger partial charge is 0.398 e. The lowest BCUT2D eigenvalue weighted by Crippen LogP contribution is -2.14. The van der Waals surface area contributed by atoms with Gasteiger partial charge in [0.05, 0.1) is 16.3 Å². The van der Waals surface area contributed by atoms with Crippen molar-refractivity contribution >= 4 is 52.2 Å². The van der Waals surface area contributed by atoms with Gasteiger partial charge in [0, 0.05) is 6.07 Å². The van der Waals surface area contributed by atoms with E-state index >= 15 is 0 Å². The summed E-state index contributed by atoms with van der Waals surface area (Å²) in [5.41, 5.74) is 6.16. The van der Waals surface area contributed by atoms with E-state index in [2.05, 4.69) is 15.3 Å². The summed E-state index contributed by atoms with van der Waals surface area (Å²) in [5.74, 6) is -0.295. The first-order valence-corrected chi connectivity index (χ1v) is 6.16. The van der Waals surface area contributed by atoms with Gasteiger partial charge < -0.3 is 11.1 Å². The first-order chi connectivity index (χ1) is 8.97. The maximum Gasteiger partial charge on any atom is 0.258 e. The number of nitrogens with zero attached hydrogens (tertiary/aromatic N) is 2. The summed E-state index contributed by atoms with van der Waals surface area (Å²) < 4.78 is 0. The molecule has 1 aromatic heterocycles. The molecule has 1 heterocycles. The molecule has 5 nitrogen and oxygen atoms in total. The number of nitrogen functional groups attached to an aromatic ring is 1. The van der Waals surface area contributed by atoms with Gasteiger partial charge in [-0.15, -0.1) is 0 Å². The van der Waals surface area contributed by atoms with Crippen LogP contribution in [0.2, 0.25) is 15.5 Å². The van der Waals surface area contributed by atoms with E-state index in [9.17, 15) is 4.79 Å². The molecule has 0 aliphatic carbocycles. The molecule has 3 N–H and O–H groups in total. The van der Waals surface area contributed by atoms with Crippen molar-refractivity contribution in [3.05, 3.63) is 45.3 Å². The van der Waals surface area contributed by atoms with Crippen molar-refractivity contribution in [1.29, 1.82) is 0 Å². The first-order valence-electron chi connectivity index (χ1n) is 5.03. The third kappa shape index (κ3) is 3.26. The number of nitrogens with one attached hydrogen (secondary N) is 1. The van der Waals surface area contributed by atoms with Gasteiger partial charge in [-0.3, -0.25) is 4.79 Å². The molecule has 0 saturated carbocycles. The standard InChI is InChI=1S/C11H7Cl3N4O/c12-7-4-8(18-11(14)16-7)17-10(19)5-2-1-3-6(15)9(5)13/h1-4H,15H2,(H,16,17,18,19). The molecule has 0 saturated heterocycles. The van der Waals surface area contributed by atoms with E-state index < -0.39 is 5.91 Å². The molecule has 8 heteroatoms. The quantitative estimate of drug-likeness (QED) is 0.506. The summed E-state index contributed by atoms with van der Waals surface area (Å²) in [5, 5.41) is 2.73. The monoisotopic (exact) mass is 316 g/mol. The summed E-state index contributed by atoms with van der Waals surface area (Å²) in [4.78, 5) is 19.5. The van der Waals surface area contributed by atoms with Crippen LogP contribution in [-0.4, -0.2) is 15.9 Å². The Morgan fingerprint density at radius 1 is 1.21 bits per heavy atom. The van der Waals surface area contributed by atoms with E-state index in [1.165, 1.54) is 6.07 Å². The highest BCUT2D eigenvalue weighted by molar-refractivity contribution is 6.37. The number of amides is 1. The van der Waals surface area contributed by atoms with Crippen molar-refractivity contribution in [3.8, 4) is 0 Å². The molecule has 0 aliphatic rings. The zero-order valence-corrected chi connectivity index (χ0v) is 11.6. The lowest BCUT2D eigenvalue weighted by molar-refractivity contribution is 0.102. The van der Waals surface area contributed by atoms with Crippen molar-refractivity contribution in [2.24, 2.45) is 0 Å². The number of aromatic nitrogens is 2. The molecule has 0 unspecified atom stereocenters. The Hall–Kier alpha value is -1.56. The lowest BCUT2D eigenvalue weighted by Gasteiger charge is -2.07. The number of halogens is 3. The second-order valence-corrected chi connectivity index (χ2v) is 4.61. The zero-order chi connectivity index (χ0) is 14.0. The molecule has 98 valence electrons. The highest BCUT2D eigenvalue weighted by atomic mass is 35.5. The van der Waals surface area contributed by atoms with Crippen LogP contribution in [0.3, 0.4) is 0 Å². The van der Waals surface area contributed by atoms with Crippen LogP contribution >= 0.6 is 34.8 Å². The van der Waals surface area contributed by atoms with Gasteiger partial charge in [-0.05, 0) is 23.7 Å². The maximum absolute atomic E-state index is 12.0. The van der Waals surface area contributed by atoms with E-state index in [1.54, 1.807) is 18.2 Å². The van der Waals surface area contributed by atoms with Crippen LogP contribution in [0.5, 0.6) is 0 Å². The number of hydrogen-bond acceptors (Lipinski definition) is 4. The number of rotatable bonds is 2. The number of hydrogen-bond donors (Lipinski definition) is 2. The van der Waals surface area contributed by atoms with Gasteiger partial charge in [0.2, 0.25) is 5.28 Å². The van der Waals surface area contributed by atoms with Gasteiger partial charge in [0.15, 0.2) is 0 Å². The van der Waals surface area contributed by atoms with Crippen LogP contribution < -0.4 is 11.1 Å². The first kappa shape index (κ1) is 13.9. The van der Waals surface area contributed by atoms with Gasteiger partial charge >= 0.3 is 0 Å². The molecule has 0 fully saturated rings. The van der Waals surface area contributed by atoms with Crippen LogP contribution in [-0.2, 0) is 0 Å². The molecule has 0 aliphatic heterocycles. The third-order valence-electron chi connectivity index (χ3n) is 2.18. The molecule has 2 aromatic rings. The average molecular weight is 318 g/mol. The summed E-state index contributed by atoms with van der Waals surface area (Å²) in [6.45, 7) is 0. The third-order valence-corrected chi connectivity index (χ3v) is 2.97. The molecule has 0 bridgehead atoms. The fourth-order valence-corrected chi connectivity index (χ4v) is 1.98. The van der Waals surface area contributed by atoms with E-state index in [0.29, 0.717) is 5.69 Å². The molecule has 0 radical (unpaired) electrons. The highest BCUT2D eigenvalue weighted by Crippen LogP contribution is 2.24. The number of anilines is 2. The van der Waals surface area contributed by atoms with Gasteiger partial charge in [0.1, 0.15) is 11.0 Å². The van der Waals surface area contributed by atoms with E-state index in [-0.39, 0.29) is 26.8 Å². The molecule has 0 spiro atoms. The minimum atomic E-state index is -0.469. The van der Waals surface area contributed by atoms with Crippen LogP contribution in [0.1, 0.15) is 10.4 Å². The smallest absolute Gasteiger partial charge is 0.258 e. The van der Waals surface area contributed by atoms with Crippen molar-refractivity contribution in [1.82, 2.24) is 9.97 Å². The Labute approximate surface area is 123 Å². The van der Waals surface area contributed by atoms with E-state index in [4.69, 9.17) is 40.5 Å². The second kappa shape index (κ2) is 5.61. The van der Waals surface area contributed by atoms with Gasteiger partial charge in [-0.2, -0.15) is 0 Å². The molecule has 1 amide bonds. The van der Waals surface area contributed by atoms with Crippen LogP contribution in [0.25, 0.3) is 0 Å². The summed E-state index contributed by atoms with van der Waals surface area (Å²) >= 11 is 17.3. The van der Waals surface area contributed by atoms with Crippen molar-refractivity contribution in [3.63, 3.8) is 0 Å². The summed E-state index contributed by atoms with van der Waals surface area (Å²) in [7, 11) is 0. The lowest BCUT2D eigenvalue weighted by atomic mass is 10.2. The molecular weight excluding hydrogens is 311 g/mol. The van der Waals surface area contributed by atoms with E-state index in [0.717, 1.165) is 0 Å². The second-order valence-electron chi connectivity index (χ2n) is 3.51. The molecule has 1 aromatic carbocycles. The maximum atomic E-state index is 12.0. The zero-order valence-electron chi connectivity index (χ0n) is 9.32. The Morgan fingerprint density at radius 3 is 2.63 bits per heavy atom. The number of nitrogens with two attached hydrogens (primary N) is 1. The predicted molar refractivity (Wildman–Crippen MR) is 75.9 cm³/mol. The molecular formula is C11H7Cl3N4O. The van der Waals surface area contributed by atoms with Crippen LogP contribution in [0.4, 0.5) is 11.5 Å². The predicted octanol–water partition coefficient (Wildman–Crippen LogP) is 3.27. The Morgan fingerprint density at radius 2 is 1.95 bits per heavy atom. The Kier molecular flexibility index (Phi) is 4.09. The normalized spacial score (nSPS) is 10.3. The van der Waals surface area contributed by atoms with Gasteiger partial charge in [-0.25, -0.2) is 9.97 Å². The molecule has 19 heavy (non-hydrogen) atoms. The Balaban J connectivity index is 2.28. The Bertz CT molecular complexity index is 628. The van der Waals surface area contributed by atoms with Gasteiger partial charge in [-0.1, -0.05) is 29.3 Å². The summed E-state index contributed by atoms with van der Waals surface area (Å²) in [6, 6.07) is 6.12. The molecule has 0 atom stereocenters. The number of carbonyl (C=O) groups is 1. The number of benzene rings is 1. The average Bonchev–Trinajstić information content (AvgIpc) is 2.31. The topological polar surface area (TPSA) is 80.9 Å². The fraction of sp³-hybridized carbons (Fsp3) is 0.